The van der Waals surface area contributed by atoms with Gasteiger partial charge in [-0.25, -0.2) is 0 Å². The van der Waals surface area contributed by atoms with Crippen LogP contribution in [-0.2, 0) is 9.47 Å². The average Bonchev–Trinajstić information content (AvgIpc) is 1.89. The molecule has 0 saturated heterocycles. The molecule has 0 saturated carbocycles. The number of hydrogen-bond acceptors (Lipinski definition) is 2. The van der Waals surface area contributed by atoms with Gasteiger partial charge in [0.25, 0.3) is 0 Å². The molecule has 0 bridgehead atoms. The Kier molecular flexibility index (Phi) is 5.26. The molecule has 0 fully saturated rings. The second kappa shape index (κ2) is 5.45. The van der Waals surface area contributed by atoms with Crippen molar-refractivity contribution in [1.82, 2.24) is 0 Å². The molecule has 2 heteroatoms. The zero-order valence-electron chi connectivity index (χ0n) is 7.02. The van der Waals surface area contributed by atoms with Crippen molar-refractivity contribution < 1.29 is 9.47 Å². The van der Waals surface area contributed by atoms with Gasteiger partial charge in [-0.15, -0.1) is 0 Å². The van der Waals surface area contributed by atoms with E-state index < -0.39 is 0 Å². The summed E-state index contributed by atoms with van der Waals surface area (Å²) >= 11 is 0. The molecule has 2 nitrogen and oxygen atoms in total. The molecule has 0 spiro atoms. The Bertz CT molecular complexity index is 99.4. The number of rotatable bonds is 5. The molecule has 0 amide bonds. The average molecular weight is 144 g/mol. The lowest BCUT2D eigenvalue weighted by Gasteiger charge is -2.14. The molecule has 0 aliphatic carbocycles. The topological polar surface area (TPSA) is 18.5 Å². The van der Waals surface area contributed by atoms with E-state index in [1.807, 2.05) is 6.92 Å². The van der Waals surface area contributed by atoms with Crippen molar-refractivity contribution in [3.8, 4) is 0 Å². The summed E-state index contributed by atoms with van der Waals surface area (Å²) in [4.78, 5) is 0. The minimum absolute atomic E-state index is 0.222. The molecule has 0 heterocycles. The quantitative estimate of drug-likeness (QED) is 0.434. The molecule has 0 rings (SSSR count). The first-order valence-electron chi connectivity index (χ1n) is 3.52. The maximum atomic E-state index is 5.28. The zero-order chi connectivity index (χ0) is 7.98. The van der Waals surface area contributed by atoms with E-state index >= 15 is 0 Å². The van der Waals surface area contributed by atoms with E-state index in [1.165, 1.54) is 0 Å². The van der Waals surface area contributed by atoms with Gasteiger partial charge in [-0.05, 0) is 18.9 Å². The van der Waals surface area contributed by atoms with Crippen molar-refractivity contribution in [2.75, 3.05) is 13.7 Å². The Balaban J connectivity index is 3.50. The maximum Gasteiger partial charge on any atom is 0.178 e. The third-order valence-electron chi connectivity index (χ3n) is 1.09. The van der Waals surface area contributed by atoms with Gasteiger partial charge in [0.15, 0.2) is 6.29 Å². The molecule has 0 radical (unpaired) electrons. The smallest absolute Gasteiger partial charge is 0.178 e. The highest BCUT2D eigenvalue weighted by Crippen LogP contribution is 2.03. The molecule has 0 aromatic heterocycles. The molecular formula is C8H16O2. The first-order chi connectivity index (χ1) is 4.72. The predicted molar refractivity (Wildman–Crippen MR) is 41.9 cm³/mol. The van der Waals surface area contributed by atoms with E-state index in [1.54, 1.807) is 7.11 Å². The first-order valence-corrected chi connectivity index (χ1v) is 3.52. The van der Waals surface area contributed by atoms with Crippen molar-refractivity contribution >= 4 is 0 Å². The van der Waals surface area contributed by atoms with Gasteiger partial charge in [0.05, 0.1) is 0 Å². The Morgan fingerprint density at radius 3 is 2.50 bits per heavy atom. The summed E-state index contributed by atoms with van der Waals surface area (Å²) in [6, 6.07) is 0. The Labute approximate surface area is 62.8 Å². The molecule has 0 aromatic rings. The van der Waals surface area contributed by atoms with E-state index in [9.17, 15) is 0 Å². The van der Waals surface area contributed by atoms with Crippen LogP contribution in [0.4, 0.5) is 0 Å². The monoisotopic (exact) mass is 144 g/mol. The fourth-order valence-corrected chi connectivity index (χ4v) is 0.636. The fraction of sp³-hybridized carbons (Fsp3) is 0.750. The second-order valence-electron chi connectivity index (χ2n) is 2.28. The maximum absolute atomic E-state index is 5.28. The number of methoxy groups -OCH3 is 1. The molecule has 10 heavy (non-hydrogen) atoms. The summed E-state index contributed by atoms with van der Waals surface area (Å²) in [7, 11) is 1.62. The predicted octanol–water partition coefficient (Wildman–Crippen LogP) is 1.96. The number of ether oxygens (including phenoxy) is 2. The lowest BCUT2D eigenvalue weighted by molar-refractivity contribution is -0.0974. The minimum atomic E-state index is -0.222. The van der Waals surface area contributed by atoms with E-state index in [2.05, 4.69) is 13.5 Å². The van der Waals surface area contributed by atoms with Gasteiger partial charge in [0, 0.05) is 13.7 Å². The standard InChI is InChI=1S/C8H16O2/c1-5-6-10-8(9-4)7(2)3/h8H,2,5-6H2,1,3-4H3. The summed E-state index contributed by atoms with van der Waals surface area (Å²) in [6.45, 7) is 8.41. The third kappa shape index (κ3) is 3.64. The van der Waals surface area contributed by atoms with Gasteiger partial charge >= 0.3 is 0 Å². The summed E-state index contributed by atoms with van der Waals surface area (Å²) in [5.41, 5.74) is 0.913. The first kappa shape index (κ1) is 9.66. The summed E-state index contributed by atoms with van der Waals surface area (Å²) in [6.07, 6.45) is 0.785. The van der Waals surface area contributed by atoms with Crippen molar-refractivity contribution in [2.45, 2.75) is 26.6 Å². The molecule has 0 aliphatic rings. The van der Waals surface area contributed by atoms with Crippen LogP contribution in [0.2, 0.25) is 0 Å². The molecule has 0 N–H and O–H groups in total. The Morgan fingerprint density at radius 2 is 2.20 bits per heavy atom. The van der Waals surface area contributed by atoms with Crippen LogP contribution in [0, 0.1) is 0 Å². The van der Waals surface area contributed by atoms with Crippen LogP contribution in [0.5, 0.6) is 0 Å². The highest BCUT2D eigenvalue weighted by atomic mass is 16.7. The number of hydrogen-bond donors (Lipinski definition) is 0. The van der Waals surface area contributed by atoms with E-state index in [4.69, 9.17) is 9.47 Å². The van der Waals surface area contributed by atoms with Crippen LogP contribution in [0.15, 0.2) is 12.2 Å². The van der Waals surface area contributed by atoms with Gasteiger partial charge in [-0.2, -0.15) is 0 Å². The Morgan fingerprint density at radius 1 is 1.60 bits per heavy atom. The van der Waals surface area contributed by atoms with Crippen molar-refractivity contribution in [3.63, 3.8) is 0 Å². The van der Waals surface area contributed by atoms with Crippen LogP contribution in [0.3, 0.4) is 0 Å². The summed E-state index contributed by atoms with van der Waals surface area (Å²) in [5, 5.41) is 0. The van der Waals surface area contributed by atoms with Crippen molar-refractivity contribution in [2.24, 2.45) is 0 Å². The SMILES string of the molecule is C=C(C)C(OC)OCCC. The molecule has 0 aliphatic heterocycles. The minimum Gasteiger partial charge on any atom is -0.352 e. The highest BCUT2D eigenvalue weighted by molar-refractivity contribution is 4.92. The van der Waals surface area contributed by atoms with Crippen molar-refractivity contribution in [3.05, 3.63) is 12.2 Å². The van der Waals surface area contributed by atoms with Crippen LogP contribution < -0.4 is 0 Å². The largest absolute Gasteiger partial charge is 0.352 e. The van der Waals surface area contributed by atoms with Crippen LogP contribution in [0.25, 0.3) is 0 Å². The van der Waals surface area contributed by atoms with Gasteiger partial charge < -0.3 is 9.47 Å². The van der Waals surface area contributed by atoms with Gasteiger partial charge in [-0.3, -0.25) is 0 Å². The normalized spacial score (nSPS) is 13.1. The van der Waals surface area contributed by atoms with Gasteiger partial charge in [-0.1, -0.05) is 13.5 Å². The fourth-order valence-electron chi connectivity index (χ4n) is 0.636. The lowest BCUT2D eigenvalue weighted by atomic mass is 10.3. The Hall–Kier alpha value is -0.340. The molecule has 1 unspecified atom stereocenters. The van der Waals surface area contributed by atoms with Gasteiger partial charge in [0.1, 0.15) is 0 Å². The lowest BCUT2D eigenvalue weighted by Crippen LogP contribution is -2.16. The highest BCUT2D eigenvalue weighted by Gasteiger charge is 2.05. The van der Waals surface area contributed by atoms with E-state index in [0.717, 1.165) is 18.6 Å². The van der Waals surface area contributed by atoms with Crippen molar-refractivity contribution in [1.29, 1.82) is 0 Å². The molecular weight excluding hydrogens is 128 g/mol. The zero-order valence-corrected chi connectivity index (χ0v) is 7.02. The van der Waals surface area contributed by atoms with Crippen LogP contribution in [-0.4, -0.2) is 20.0 Å². The summed E-state index contributed by atoms with van der Waals surface area (Å²) in [5.74, 6) is 0. The molecule has 1 atom stereocenters. The van der Waals surface area contributed by atoms with Crippen LogP contribution >= 0.6 is 0 Å². The second-order valence-corrected chi connectivity index (χ2v) is 2.28. The van der Waals surface area contributed by atoms with E-state index in [0.29, 0.717) is 0 Å². The summed E-state index contributed by atoms with van der Waals surface area (Å²) < 4.78 is 10.3. The van der Waals surface area contributed by atoms with Gasteiger partial charge in [0.2, 0.25) is 0 Å². The molecule has 0 aromatic carbocycles. The van der Waals surface area contributed by atoms with Crippen LogP contribution in [0.1, 0.15) is 20.3 Å². The third-order valence-corrected chi connectivity index (χ3v) is 1.09. The molecule has 60 valence electrons. The van der Waals surface area contributed by atoms with E-state index in [-0.39, 0.29) is 6.29 Å².